The third-order valence-electron chi connectivity index (χ3n) is 5.18. The first-order chi connectivity index (χ1) is 7.35. The van der Waals surface area contributed by atoms with Gasteiger partial charge in [0.2, 0.25) is 0 Å². The predicted octanol–water partition coefficient (Wildman–Crippen LogP) is 5.03. The highest BCUT2D eigenvalue weighted by molar-refractivity contribution is 4.85. The third-order valence-corrected chi connectivity index (χ3v) is 5.18. The summed E-state index contributed by atoms with van der Waals surface area (Å²) in [6.45, 7) is 4.76. The van der Waals surface area contributed by atoms with Crippen LogP contribution in [0.25, 0.3) is 0 Å². The molecule has 0 heterocycles. The number of hydrogen-bond donors (Lipinski definition) is 0. The summed E-state index contributed by atoms with van der Waals surface area (Å²) < 4.78 is 0. The van der Waals surface area contributed by atoms with E-state index in [9.17, 15) is 0 Å². The quantitative estimate of drug-likeness (QED) is 0.608. The normalized spacial score (nSPS) is 37.6. The zero-order valence-corrected chi connectivity index (χ0v) is 10.7. The fourth-order valence-electron chi connectivity index (χ4n) is 3.96. The van der Waals surface area contributed by atoms with Crippen molar-refractivity contribution in [2.75, 3.05) is 0 Å². The molecule has 0 nitrogen and oxygen atoms in total. The highest BCUT2D eigenvalue weighted by Gasteiger charge is 2.34. The van der Waals surface area contributed by atoms with Crippen LogP contribution >= 0.6 is 0 Å². The van der Waals surface area contributed by atoms with Crippen LogP contribution in [-0.2, 0) is 0 Å². The zero-order chi connectivity index (χ0) is 10.7. The van der Waals surface area contributed by atoms with Gasteiger partial charge < -0.3 is 0 Å². The maximum Gasteiger partial charge on any atom is -0.0383 e. The summed E-state index contributed by atoms with van der Waals surface area (Å²) in [5.41, 5.74) is 0. The Morgan fingerprint density at radius 2 is 1.67 bits per heavy atom. The van der Waals surface area contributed by atoms with Crippen LogP contribution in [0.3, 0.4) is 0 Å². The molecule has 2 rings (SSSR count). The Hall–Kier alpha value is 0. The zero-order valence-electron chi connectivity index (χ0n) is 10.7. The van der Waals surface area contributed by atoms with E-state index in [4.69, 9.17) is 0 Å². The van der Waals surface area contributed by atoms with Gasteiger partial charge in [0.15, 0.2) is 0 Å². The standard InChI is InChI=1S/C15H28/c1-3-6-14-11-15(13-7-5-8-13)10-9-12(14)4-2/h12-15H,3-11H2,1-2H3. The van der Waals surface area contributed by atoms with E-state index in [1.807, 2.05) is 0 Å². The Kier molecular flexibility index (Phi) is 4.11. The first-order valence-corrected chi connectivity index (χ1v) is 7.35. The minimum Gasteiger partial charge on any atom is -0.0654 e. The van der Waals surface area contributed by atoms with Crippen molar-refractivity contribution in [3.8, 4) is 0 Å². The van der Waals surface area contributed by atoms with E-state index in [2.05, 4.69) is 13.8 Å². The molecule has 0 N–H and O–H groups in total. The van der Waals surface area contributed by atoms with E-state index >= 15 is 0 Å². The van der Waals surface area contributed by atoms with Gasteiger partial charge in [-0.15, -0.1) is 0 Å². The van der Waals surface area contributed by atoms with Crippen molar-refractivity contribution in [3.05, 3.63) is 0 Å². The molecule has 0 radical (unpaired) electrons. The van der Waals surface area contributed by atoms with Gasteiger partial charge in [-0.05, 0) is 42.9 Å². The van der Waals surface area contributed by atoms with Crippen LogP contribution in [0.15, 0.2) is 0 Å². The molecule has 88 valence electrons. The van der Waals surface area contributed by atoms with Crippen molar-refractivity contribution in [1.29, 1.82) is 0 Å². The van der Waals surface area contributed by atoms with Crippen molar-refractivity contribution >= 4 is 0 Å². The average Bonchev–Trinajstić information content (AvgIpc) is 2.16. The van der Waals surface area contributed by atoms with Crippen molar-refractivity contribution in [3.63, 3.8) is 0 Å². The summed E-state index contributed by atoms with van der Waals surface area (Å²) >= 11 is 0. The number of rotatable bonds is 4. The molecular weight excluding hydrogens is 180 g/mol. The lowest BCUT2D eigenvalue weighted by atomic mass is 9.63. The van der Waals surface area contributed by atoms with Gasteiger partial charge in [-0.25, -0.2) is 0 Å². The highest BCUT2D eigenvalue weighted by Crippen LogP contribution is 2.46. The predicted molar refractivity (Wildman–Crippen MR) is 66.9 cm³/mol. The molecule has 2 aliphatic carbocycles. The summed E-state index contributed by atoms with van der Waals surface area (Å²) in [5, 5.41) is 0. The highest BCUT2D eigenvalue weighted by atomic mass is 14.4. The molecule has 0 heteroatoms. The molecule has 2 aliphatic rings. The van der Waals surface area contributed by atoms with E-state index in [0.717, 1.165) is 23.7 Å². The van der Waals surface area contributed by atoms with Gasteiger partial charge in [0, 0.05) is 0 Å². The molecule has 2 fully saturated rings. The summed E-state index contributed by atoms with van der Waals surface area (Å²) in [4.78, 5) is 0. The van der Waals surface area contributed by atoms with Crippen LogP contribution < -0.4 is 0 Å². The van der Waals surface area contributed by atoms with Gasteiger partial charge in [-0.3, -0.25) is 0 Å². The molecular formula is C15H28. The third kappa shape index (κ3) is 2.57. The Balaban J connectivity index is 1.86. The maximum absolute atomic E-state index is 2.40. The summed E-state index contributed by atoms with van der Waals surface area (Å²) in [5.74, 6) is 4.42. The topological polar surface area (TPSA) is 0 Å². The summed E-state index contributed by atoms with van der Waals surface area (Å²) in [7, 11) is 0. The summed E-state index contributed by atoms with van der Waals surface area (Å²) in [6.07, 6.45) is 13.7. The van der Waals surface area contributed by atoms with Crippen LogP contribution in [0.5, 0.6) is 0 Å². The second kappa shape index (κ2) is 5.37. The van der Waals surface area contributed by atoms with Crippen LogP contribution in [0.4, 0.5) is 0 Å². The van der Waals surface area contributed by atoms with Crippen LogP contribution in [0.2, 0.25) is 0 Å². The second-order valence-corrected chi connectivity index (χ2v) is 5.98. The van der Waals surface area contributed by atoms with Gasteiger partial charge in [0.05, 0.1) is 0 Å². The van der Waals surface area contributed by atoms with Crippen LogP contribution in [-0.4, -0.2) is 0 Å². The average molecular weight is 208 g/mol. The van der Waals surface area contributed by atoms with Crippen molar-refractivity contribution < 1.29 is 0 Å². The lowest BCUT2D eigenvalue weighted by molar-refractivity contribution is 0.0882. The van der Waals surface area contributed by atoms with Gasteiger partial charge in [-0.1, -0.05) is 52.4 Å². The minimum atomic E-state index is 1.07. The maximum atomic E-state index is 2.40. The molecule has 0 aromatic rings. The van der Waals surface area contributed by atoms with Crippen molar-refractivity contribution in [1.82, 2.24) is 0 Å². The van der Waals surface area contributed by atoms with Gasteiger partial charge >= 0.3 is 0 Å². The fourth-order valence-corrected chi connectivity index (χ4v) is 3.96. The van der Waals surface area contributed by atoms with Crippen molar-refractivity contribution in [2.45, 2.75) is 71.6 Å². The molecule has 3 unspecified atom stereocenters. The number of hydrogen-bond acceptors (Lipinski definition) is 0. The molecule has 0 spiro atoms. The Labute approximate surface area is 95.8 Å². The monoisotopic (exact) mass is 208 g/mol. The van der Waals surface area contributed by atoms with E-state index in [-0.39, 0.29) is 0 Å². The van der Waals surface area contributed by atoms with E-state index < -0.39 is 0 Å². The molecule has 3 atom stereocenters. The van der Waals surface area contributed by atoms with E-state index in [1.54, 1.807) is 32.1 Å². The van der Waals surface area contributed by atoms with Gasteiger partial charge in [0.25, 0.3) is 0 Å². The smallest absolute Gasteiger partial charge is 0.0383 e. The minimum absolute atomic E-state index is 1.07. The summed E-state index contributed by atoms with van der Waals surface area (Å²) in [6, 6.07) is 0. The van der Waals surface area contributed by atoms with Crippen LogP contribution in [0, 0.1) is 23.7 Å². The molecule has 2 saturated carbocycles. The Morgan fingerprint density at radius 3 is 2.20 bits per heavy atom. The largest absolute Gasteiger partial charge is 0.0654 e. The molecule has 0 aromatic heterocycles. The second-order valence-electron chi connectivity index (χ2n) is 5.98. The Morgan fingerprint density at radius 1 is 0.867 bits per heavy atom. The van der Waals surface area contributed by atoms with Crippen LogP contribution in [0.1, 0.15) is 71.6 Å². The van der Waals surface area contributed by atoms with Gasteiger partial charge in [-0.2, -0.15) is 0 Å². The molecule has 0 bridgehead atoms. The molecule has 0 aliphatic heterocycles. The first kappa shape index (κ1) is 11.5. The van der Waals surface area contributed by atoms with Crippen molar-refractivity contribution in [2.24, 2.45) is 23.7 Å². The Bertz CT molecular complexity index is 180. The molecule has 15 heavy (non-hydrogen) atoms. The lowest BCUT2D eigenvalue weighted by Gasteiger charge is -2.42. The fraction of sp³-hybridized carbons (Fsp3) is 1.00. The molecule has 0 aromatic carbocycles. The van der Waals surface area contributed by atoms with Gasteiger partial charge in [0.1, 0.15) is 0 Å². The van der Waals surface area contributed by atoms with E-state index in [1.165, 1.54) is 25.7 Å². The lowest BCUT2D eigenvalue weighted by Crippen LogP contribution is -2.31. The molecule has 0 amide bonds. The SMILES string of the molecule is CCCC1CC(C2CCC2)CCC1CC. The first-order valence-electron chi connectivity index (χ1n) is 7.35. The molecule has 0 saturated heterocycles. The van der Waals surface area contributed by atoms with E-state index in [0.29, 0.717) is 0 Å².